The lowest BCUT2D eigenvalue weighted by molar-refractivity contribution is -0.117. The second-order valence-electron chi connectivity index (χ2n) is 10.5. The van der Waals surface area contributed by atoms with E-state index in [-0.39, 0.29) is 17.2 Å². The number of amides is 2. The molecule has 3 aromatic rings. The molecule has 1 aromatic carbocycles. The van der Waals surface area contributed by atoms with Crippen molar-refractivity contribution in [2.24, 2.45) is 0 Å². The summed E-state index contributed by atoms with van der Waals surface area (Å²) in [7, 11) is 1.57. The van der Waals surface area contributed by atoms with Gasteiger partial charge in [-0.15, -0.1) is 0 Å². The third-order valence-electron chi connectivity index (χ3n) is 6.45. The van der Waals surface area contributed by atoms with Gasteiger partial charge in [0.15, 0.2) is 0 Å². The van der Waals surface area contributed by atoms with E-state index >= 15 is 0 Å². The number of aromatic nitrogens is 2. The van der Waals surface area contributed by atoms with E-state index in [1.54, 1.807) is 31.6 Å². The Labute approximate surface area is 224 Å². The zero-order valence-electron chi connectivity index (χ0n) is 22.5. The molecule has 1 saturated heterocycles. The van der Waals surface area contributed by atoms with Gasteiger partial charge in [-0.05, 0) is 72.8 Å². The van der Waals surface area contributed by atoms with Crippen molar-refractivity contribution in [1.29, 1.82) is 0 Å². The largest absolute Gasteiger partial charge is 0.481 e. The van der Waals surface area contributed by atoms with Crippen LogP contribution in [-0.4, -0.2) is 53.4 Å². The first-order valence-corrected chi connectivity index (χ1v) is 12.9. The van der Waals surface area contributed by atoms with Gasteiger partial charge in [-0.2, -0.15) is 0 Å². The minimum atomic E-state index is -0.300. The number of carbonyl (C=O) groups excluding carboxylic acids is 2. The van der Waals surface area contributed by atoms with E-state index in [1.165, 1.54) is 0 Å². The van der Waals surface area contributed by atoms with E-state index in [4.69, 9.17) is 4.74 Å². The number of hydrogen-bond donors (Lipinski definition) is 3. The fourth-order valence-electron chi connectivity index (χ4n) is 4.50. The number of carbonyl (C=O) groups is 2. The van der Waals surface area contributed by atoms with Crippen LogP contribution in [0.4, 0.5) is 17.2 Å². The average Bonchev–Trinajstić information content (AvgIpc) is 3.40. The van der Waals surface area contributed by atoms with Crippen LogP contribution in [0.25, 0.3) is 0 Å². The van der Waals surface area contributed by atoms with Crippen molar-refractivity contribution in [3.63, 3.8) is 0 Å². The van der Waals surface area contributed by atoms with Gasteiger partial charge in [0.1, 0.15) is 5.82 Å². The lowest BCUT2D eigenvalue weighted by Crippen LogP contribution is -2.31. The average molecular weight is 517 g/mol. The molecular weight excluding hydrogens is 480 g/mol. The number of pyridine rings is 2. The minimum Gasteiger partial charge on any atom is -0.481 e. The molecule has 0 unspecified atom stereocenters. The summed E-state index contributed by atoms with van der Waals surface area (Å²) in [6.45, 7) is 9.02. The van der Waals surface area contributed by atoms with Crippen molar-refractivity contribution >= 4 is 29.0 Å². The van der Waals surface area contributed by atoms with Crippen LogP contribution in [-0.2, 0) is 16.8 Å². The fourth-order valence-corrected chi connectivity index (χ4v) is 4.50. The summed E-state index contributed by atoms with van der Waals surface area (Å²) in [6.07, 6.45) is 5.57. The number of nitrogens with one attached hydrogen (secondary N) is 3. The molecule has 0 aliphatic carbocycles. The molecule has 1 aliphatic heterocycles. The van der Waals surface area contributed by atoms with Gasteiger partial charge in [-0.25, -0.2) is 9.97 Å². The number of hydrogen-bond acceptors (Lipinski definition) is 7. The molecule has 9 heteroatoms. The van der Waals surface area contributed by atoms with Crippen LogP contribution in [0.5, 0.6) is 5.88 Å². The first kappa shape index (κ1) is 27.1. The van der Waals surface area contributed by atoms with Crippen LogP contribution in [0.2, 0.25) is 0 Å². The lowest BCUT2D eigenvalue weighted by Gasteiger charge is -2.24. The molecule has 0 radical (unpaired) electrons. The highest BCUT2D eigenvalue weighted by Gasteiger charge is 2.22. The quantitative estimate of drug-likeness (QED) is 0.379. The maximum Gasteiger partial charge on any atom is 0.259 e. The summed E-state index contributed by atoms with van der Waals surface area (Å²) in [5, 5.41) is 9.29. The first-order chi connectivity index (χ1) is 18.2. The predicted molar refractivity (Wildman–Crippen MR) is 150 cm³/mol. The summed E-state index contributed by atoms with van der Waals surface area (Å²) in [6, 6.07) is 12.8. The van der Waals surface area contributed by atoms with E-state index < -0.39 is 0 Å². The van der Waals surface area contributed by atoms with Crippen molar-refractivity contribution in [3.8, 4) is 5.88 Å². The number of nitrogens with zero attached hydrogens (tertiary/aromatic N) is 3. The van der Waals surface area contributed by atoms with Gasteiger partial charge >= 0.3 is 0 Å². The van der Waals surface area contributed by atoms with E-state index in [1.807, 2.05) is 30.3 Å². The Morgan fingerprint density at radius 1 is 1.00 bits per heavy atom. The molecule has 0 atom stereocenters. The molecule has 1 aliphatic rings. The predicted octanol–water partition coefficient (Wildman–Crippen LogP) is 4.68. The summed E-state index contributed by atoms with van der Waals surface area (Å²) >= 11 is 0. The maximum atomic E-state index is 13.3. The van der Waals surface area contributed by atoms with Crippen molar-refractivity contribution in [2.75, 3.05) is 42.7 Å². The third kappa shape index (κ3) is 7.07. The summed E-state index contributed by atoms with van der Waals surface area (Å²) in [5.41, 5.74) is 3.47. The molecule has 9 nitrogen and oxygen atoms in total. The van der Waals surface area contributed by atoms with Gasteiger partial charge in [0.05, 0.1) is 19.2 Å². The van der Waals surface area contributed by atoms with Gasteiger partial charge in [0, 0.05) is 36.4 Å². The van der Waals surface area contributed by atoms with Crippen molar-refractivity contribution in [2.45, 2.75) is 45.6 Å². The van der Waals surface area contributed by atoms with Crippen LogP contribution < -0.4 is 20.7 Å². The molecule has 0 saturated carbocycles. The van der Waals surface area contributed by atoms with E-state index in [0.717, 1.165) is 37.1 Å². The van der Waals surface area contributed by atoms with Gasteiger partial charge < -0.3 is 20.7 Å². The van der Waals surface area contributed by atoms with Gasteiger partial charge in [-0.3, -0.25) is 14.5 Å². The Morgan fingerprint density at radius 2 is 1.79 bits per heavy atom. The van der Waals surface area contributed by atoms with Crippen molar-refractivity contribution in [3.05, 3.63) is 71.5 Å². The van der Waals surface area contributed by atoms with Gasteiger partial charge in [-0.1, -0.05) is 26.8 Å². The van der Waals surface area contributed by atoms with Crippen LogP contribution >= 0.6 is 0 Å². The van der Waals surface area contributed by atoms with Crippen molar-refractivity contribution in [1.82, 2.24) is 14.9 Å². The molecule has 0 bridgehead atoms. The highest BCUT2D eigenvalue weighted by molar-refractivity contribution is 6.08. The second-order valence-corrected chi connectivity index (χ2v) is 10.5. The van der Waals surface area contributed by atoms with E-state index in [2.05, 4.69) is 51.6 Å². The molecule has 4 rings (SSSR count). The highest BCUT2D eigenvalue weighted by Crippen LogP contribution is 2.32. The van der Waals surface area contributed by atoms with Crippen LogP contribution in [0.15, 0.2) is 54.9 Å². The molecule has 2 aromatic heterocycles. The zero-order chi connectivity index (χ0) is 27.1. The van der Waals surface area contributed by atoms with Gasteiger partial charge in [0.2, 0.25) is 11.8 Å². The van der Waals surface area contributed by atoms with Crippen LogP contribution in [0.3, 0.4) is 0 Å². The Balaban J connectivity index is 1.49. The topological polar surface area (TPSA) is 108 Å². The number of methoxy groups -OCH3 is 1. The molecule has 3 heterocycles. The SMILES string of the molecule is COc1cc(CNc2ncccc2C(=O)Nc2ccc(C(C)(C)C)c(NC(=O)CN3CCCC3)c2)ccn1. The number of benzene rings is 1. The second kappa shape index (κ2) is 12.0. The van der Waals surface area contributed by atoms with Crippen molar-refractivity contribution < 1.29 is 14.3 Å². The van der Waals surface area contributed by atoms with E-state index in [9.17, 15) is 9.59 Å². The molecule has 2 amide bonds. The normalized spacial score (nSPS) is 13.7. The Bertz CT molecular complexity index is 1280. The molecule has 200 valence electrons. The molecule has 3 N–H and O–H groups in total. The molecule has 1 fully saturated rings. The molecular formula is C29H36N6O3. The first-order valence-electron chi connectivity index (χ1n) is 12.9. The standard InChI is InChI=1S/C29H36N6O3/c1-29(2,3)23-10-9-21(17-24(23)34-25(36)19-35-14-5-6-15-35)33-28(37)22-8-7-12-31-27(22)32-18-20-11-13-30-26(16-20)38-4/h7-13,16-17H,5-6,14-15,18-19H2,1-4H3,(H,31,32)(H,33,37)(H,34,36). The number of ether oxygens (including phenoxy) is 1. The Kier molecular flexibility index (Phi) is 8.58. The summed E-state index contributed by atoms with van der Waals surface area (Å²) < 4.78 is 5.18. The molecule has 38 heavy (non-hydrogen) atoms. The van der Waals surface area contributed by atoms with Crippen LogP contribution in [0, 0.1) is 0 Å². The Morgan fingerprint density at radius 3 is 2.53 bits per heavy atom. The van der Waals surface area contributed by atoms with Crippen LogP contribution in [0.1, 0.15) is 55.1 Å². The smallest absolute Gasteiger partial charge is 0.259 e. The Hall–Kier alpha value is -3.98. The summed E-state index contributed by atoms with van der Waals surface area (Å²) in [4.78, 5) is 36.7. The number of anilines is 3. The maximum absolute atomic E-state index is 13.3. The third-order valence-corrected chi connectivity index (χ3v) is 6.45. The number of rotatable bonds is 9. The minimum absolute atomic E-state index is 0.0487. The fraction of sp³-hybridized carbons (Fsp3) is 0.379. The molecule has 0 spiro atoms. The highest BCUT2D eigenvalue weighted by atomic mass is 16.5. The number of likely N-dealkylation sites (tertiary alicyclic amines) is 1. The summed E-state index contributed by atoms with van der Waals surface area (Å²) in [5.74, 6) is 0.634. The monoisotopic (exact) mass is 516 g/mol. The van der Waals surface area contributed by atoms with Gasteiger partial charge in [0.25, 0.3) is 5.91 Å². The van der Waals surface area contributed by atoms with E-state index in [0.29, 0.717) is 41.7 Å². The lowest BCUT2D eigenvalue weighted by atomic mass is 9.85. The zero-order valence-corrected chi connectivity index (χ0v) is 22.5.